The van der Waals surface area contributed by atoms with Crippen molar-refractivity contribution < 1.29 is 0 Å². The number of aromatic nitrogens is 2. The van der Waals surface area contributed by atoms with Crippen molar-refractivity contribution >= 4 is 0 Å². The van der Waals surface area contributed by atoms with Gasteiger partial charge in [0.15, 0.2) is 0 Å². The van der Waals surface area contributed by atoms with Crippen molar-refractivity contribution in [3.05, 3.63) is 24.3 Å². The fraction of sp³-hybridized carbons (Fsp3) is 0.400. The molecule has 1 aromatic heterocycles. The van der Waals surface area contributed by atoms with Gasteiger partial charge in [0, 0.05) is 37.6 Å². The SMILES string of the molecule is C#CCCNC(C)c1cnccn1. The summed E-state index contributed by atoms with van der Waals surface area (Å²) in [5, 5.41) is 3.25. The number of nitrogens with one attached hydrogen (secondary N) is 1. The van der Waals surface area contributed by atoms with Gasteiger partial charge in [-0.05, 0) is 6.92 Å². The van der Waals surface area contributed by atoms with Crippen molar-refractivity contribution in [3.63, 3.8) is 0 Å². The maximum Gasteiger partial charge on any atom is 0.0753 e. The van der Waals surface area contributed by atoms with E-state index in [1.807, 2.05) is 6.92 Å². The topological polar surface area (TPSA) is 37.8 Å². The highest BCUT2D eigenvalue weighted by Gasteiger charge is 2.03. The first-order valence-electron chi connectivity index (χ1n) is 4.27. The van der Waals surface area contributed by atoms with E-state index in [9.17, 15) is 0 Å². The standard InChI is InChI=1S/C10H13N3/c1-3-4-5-12-9(2)10-8-11-6-7-13-10/h1,6-9,12H,4-5H2,2H3. The number of terminal acetylenes is 1. The zero-order valence-corrected chi connectivity index (χ0v) is 7.70. The Hall–Kier alpha value is -1.40. The first-order valence-corrected chi connectivity index (χ1v) is 4.27. The average molecular weight is 175 g/mol. The third-order valence-corrected chi connectivity index (χ3v) is 1.75. The summed E-state index contributed by atoms with van der Waals surface area (Å²) >= 11 is 0. The molecule has 0 saturated heterocycles. The Bertz CT molecular complexity index is 276. The maximum absolute atomic E-state index is 5.14. The molecule has 1 unspecified atom stereocenters. The summed E-state index contributed by atoms with van der Waals surface area (Å²) in [5.74, 6) is 2.58. The number of rotatable bonds is 4. The van der Waals surface area contributed by atoms with E-state index in [0.717, 1.165) is 18.7 Å². The van der Waals surface area contributed by atoms with Gasteiger partial charge in [-0.2, -0.15) is 0 Å². The van der Waals surface area contributed by atoms with E-state index < -0.39 is 0 Å². The second kappa shape index (κ2) is 5.28. The summed E-state index contributed by atoms with van der Waals surface area (Å²) in [7, 11) is 0. The van der Waals surface area contributed by atoms with Gasteiger partial charge in [-0.15, -0.1) is 12.3 Å². The fourth-order valence-corrected chi connectivity index (χ4v) is 1.000. The summed E-state index contributed by atoms with van der Waals surface area (Å²) in [4.78, 5) is 8.17. The van der Waals surface area contributed by atoms with Gasteiger partial charge in [0.05, 0.1) is 5.69 Å². The van der Waals surface area contributed by atoms with E-state index in [4.69, 9.17) is 6.42 Å². The van der Waals surface area contributed by atoms with Gasteiger partial charge in [0.25, 0.3) is 0 Å². The van der Waals surface area contributed by atoms with Crippen LogP contribution in [-0.4, -0.2) is 16.5 Å². The largest absolute Gasteiger partial charge is 0.308 e. The minimum atomic E-state index is 0.210. The summed E-state index contributed by atoms with van der Waals surface area (Å²) in [6, 6.07) is 0.210. The lowest BCUT2D eigenvalue weighted by atomic mass is 10.2. The molecule has 68 valence electrons. The van der Waals surface area contributed by atoms with Crippen molar-refractivity contribution in [1.82, 2.24) is 15.3 Å². The molecule has 1 heterocycles. The van der Waals surface area contributed by atoms with E-state index in [0.29, 0.717) is 0 Å². The van der Waals surface area contributed by atoms with Crippen LogP contribution in [0.25, 0.3) is 0 Å². The Balaban J connectivity index is 2.41. The minimum absolute atomic E-state index is 0.210. The quantitative estimate of drug-likeness (QED) is 0.551. The maximum atomic E-state index is 5.14. The highest BCUT2D eigenvalue weighted by Crippen LogP contribution is 2.05. The molecular weight excluding hydrogens is 162 g/mol. The molecule has 0 aromatic carbocycles. The Morgan fingerprint density at radius 3 is 3.08 bits per heavy atom. The summed E-state index contributed by atoms with van der Waals surface area (Å²) in [6.07, 6.45) is 11.0. The molecule has 0 radical (unpaired) electrons. The Morgan fingerprint density at radius 1 is 1.62 bits per heavy atom. The van der Waals surface area contributed by atoms with Crippen molar-refractivity contribution in [1.29, 1.82) is 0 Å². The summed E-state index contributed by atoms with van der Waals surface area (Å²) in [5.41, 5.74) is 0.944. The third-order valence-electron chi connectivity index (χ3n) is 1.75. The predicted octanol–water partition coefficient (Wildman–Crippen LogP) is 1.15. The van der Waals surface area contributed by atoms with Gasteiger partial charge in [0.1, 0.15) is 0 Å². The Labute approximate surface area is 78.6 Å². The lowest BCUT2D eigenvalue weighted by Gasteiger charge is -2.10. The smallest absolute Gasteiger partial charge is 0.0753 e. The van der Waals surface area contributed by atoms with E-state index in [2.05, 4.69) is 21.2 Å². The molecule has 0 aliphatic heterocycles. The first kappa shape index (κ1) is 9.69. The molecule has 3 nitrogen and oxygen atoms in total. The van der Waals surface area contributed by atoms with Crippen molar-refractivity contribution in [2.24, 2.45) is 0 Å². The highest BCUT2D eigenvalue weighted by molar-refractivity contribution is 5.00. The molecule has 1 atom stereocenters. The monoisotopic (exact) mass is 175 g/mol. The number of hydrogen-bond donors (Lipinski definition) is 1. The Kier molecular flexibility index (Phi) is 3.94. The zero-order valence-electron chi connectivity index (χ0n) is 7.70. The normalized spacial score (nSPS) is 12.0. The zero-order chi connectivity index (χ0) is 9.52. The van der Waals surface area contributed by atoms with Crippen molar-refractivity contribution in [2.75, 3.05) is 6.54 Å². The van der Waals surface area contributed by atoms with Gasteiger partial charge >= 0.3 is 0 Å². The highest BCUT2D eigenvalue weighted by atomic mass is 14.9. The number of hydrogen-bond acceptors (Lipinski definition) is 3. The van der Waals surface area contributed by atoms with Gasteiger partial charge in [-0.1, -0.05) is 0 Å². The van der Waals surface area contributed by atoms with Crippen LogP contribution in [0.2, 0.25) is 0 Å². The second-order valence-electron chi connectivity index (χ2n) is 2.76. The van der Waals surface area contributed by atoms with Crippen molar-refractivity contribution in [2.45, 2.75) is 19.4 Å². The molecule has 0 fully saturated rings. The van der Waals surface area contributed by atoms with Gasteiger partial charge in [0.2, 0.25) is 0 Å². The van der Waals surface area contributed by atoms with Crippen molar-refractivity contribution in [3.8, 4) is 12.3 Å². The molecule has 0 saturated carbocycles. The second-order valence-corrected chi connectivity index (χ2v) is 2.76. The number of nitrogens with zero attached hydrogens (tertiary/aromatic N) is 2. The summed E-state index contributed by atoms with van der Waals surface area (Å²) < 4.78 is 0. The van der Waals surface area contributed by atoms with E-state index >= 15 is 0 Å². The van der Waals surface area contributed by atoms with Crippen LogP contribution in [0.5, 0.6) is 0 Å². The van der Waals surface area contributed by atoms with Crippen LogP contribution >= 0.6 is 0 Å². The van der Waals surface area contributed by atoms with E-state index in [-0.39, 0.29) is 6.04 Å². The fourth-order valence-electron chi connectivity index (χ4n) is 1.000. The molecule has 1 aromatic rings. The molecule has 0 aliphatic rings. The van der Waals surface area contributed by atoms with Crippen LogP contribution in [-0.2, 0) is 0 Å². The molecule has 0 aliphatic carbocycles. The third kappa shape index (κ3) is 3.22. The van der Waals surface area contributed by atoms with E-state index in [1.54, 1.807) is 18.6 Å². The van der Waals surface area contributed by atoms with Gasteiger partial charge < -0.3 is 5.32 Å². The molecule has 1 N–H and O–H groups in total. The minimum Gasteiger partial charge on any atom is -0.308 e. The van der Waals surface area contributed by atoms with Gasteiger partial charge in [-0.25, -0.2) is 0 Å². The Morgan fingerprint density at radius 2 is 2.46 bits per heavy atom. The molecule has 0 bridgehead atoms. The summed E-state index contributed by atoms with van der Waals surface area (Å²) in [6.45, 7) is 2.86. The molecule has 0 amide bonds. The van der Waals surface area contributed by atoms with Crippen LogP contribution in [0.15, 0.2) is 18.6 Å². The van der Waals surface area contributed by atoms with Crippen LogP contribution in [0, 0.1) is 12.3 Å². The molecular formula is C10H13N3. The van der Waals surface area contributed by atoms with Crippen LogP contribution in [0.1, 0.15) is 25.1 Å². The molecule has 0 spiro atoms. The lowest BCUT2D eigenvalue weighted by Crippen LogP contribution is -2.20. The predicted molar refractivity (Wildman–Crippen MR) is 51.9 cm³/mol. The van der Waals surface area contributed by atoms with E-state index in [1.165, 1.54) is 0 Å². The van der Waals surface area contributed by atoms with Crippen LogP contribution in [0.3, 0.4) is 0 Å². The molecule has 13 heavy (non-hydrogen) atoms. The van der Waals surface area contributed by atoms with Gasteiger partial charge in [-0.3, -0.25) is 9.97 Å². The molecule has 1 rings (SSSR count). The van der Waals surface area contributed by atoms with Crippen LogP contribution in [0.4, 0.5) is 0 Å². The first-order chi connectivity index (χ1) is 6.34. The van der Waals surface area contributed by atoms with Crippen LogP contribution < -0.4 is 5.32 Å². The lowest BCUT2D eigenvalue weighted by molar-refractivity contribution is 0.568. The average Bonchev–Trinajstić information content (AvgIpc) is 2.19. The molecule has 3 heteroatoms.